The molecular formula is C46H62O11Y. The number of carbonyl (C=O) groups excluding carboxylic acids is 4. The molecule has 0 saturated heterocycles. The molecule has 12 heteroatoms. The molecule has 1 aliphatic carbocycles. The Kier molecular flexibility index (Phi) is 35.0. The molecular weight excluding hydrogens is 817 g/mol. The third kappa shape index (κ3) is 24.7. The van der Waals surface area contributed by atoms with Gasteiger partial charge in [-0.2, -0.15) is 0 Å². The molecule has 315 valence electrons. The van der Waals surface area contributed by atoms with Gasteiger partial charge >= 0.3 is 6.16 Å². The molecule has 0 aliphatic heterocycles. The van der Waals surface area contributed by atoms with Gasteiger partial charge in [0.25, 0.3) is 6.47 Å². The molecule has 0 fully saturated rings. The van der Waals surface area contributed by atoms with Gasteiger partial charge in [0.2, 0.25) is 0 Å². The minimum atomic E-state index is -0.746. The predicted molar refractivity (Wildman–Crippen MR) is 227 cm³/mol. The van der Waals surface area contributed by atoms with E-state index in [0.29, 0.717) is 29.8 Å². The number of rotatable bonds is 10. The zero-order valence-electron chi connectivity index (χ0n) is 35.9. The summed E-state index contributed by atoms with van der Waals surface area (Å²) in [6, 6.07) is 24.8. The number of hydrogen-bond acceptors (Lipinski definition) is 11. The second kappa shape index (κ2) is 35.3. The van der Waals surface area contributed by atoms with Crippen molar-refractivity contribution >= 4 is 25.2 Å². The first-order valence-electron chi connectivity index (χ1n) is 18.7. The summed E-state index contributed by atoms with van der Waals surface area (Å²) in [6.07, 6.45) is 3.12. The van der Waals surface area contributed by atoms with Gasteiger partial charge in [0, 0.05) is 50.3 Å². The van der Waals surface area contributed by atoms with Gasteiger partial charge in [-0.15, -0.1) is 6.58 Å². The number of aliphatic hydroxyl groups excluding tert-OH is 1. The first-order chi connectivity index (χ1) is 27.3. The Bertz CT molecular complexity index is 1650. The van der Waals surface area contributed by atoms with Crippen LogP contribution in [0.25, 0.3) is 11.1 Å². The number of aromatic hydroxyl groups is 1. The first kappa shape index (κ1) is 57.5. The summed E-state index contributed by atoms with van der Waals surface area (Å²) in [4.78, 5) is 41.1. The number of allylic oxidation sites excluding steroid dienone is 1. The Morgan fingerprint density at radius 1 is 0.724 bits per heavy atom. The number of methoxy groups -OCH3 is 2. The molecule has 0 heterocycles. The normalized spacial score (nSPS) is 10.4. The molecule has 0 aromatic heterocycles. The fourth-order valence-electron chi connectivity index (χ4n) is 4.53. The van der Waals surface area contributed by atoms with Gasteiger partial charge in [0.1, 0.15) is 41.7 Å². The second-order valence-corrected chi connectivity index (χ2v) is 11.7. The molecule has 1 radical (unpaired) electrons. The van der Waals surface area contributed by atoms with Gasteiger partial charge < -0.3 is 33.9 Å². The van der Waals surface area contributed by atoms with E-state index in [-0.39, 0.29) is 50.7 Å². The average Bonchev–Trinajstić information content (AvgIpc) is 3.57. The molecule has 2 atom stereocenters. The summed E-state index contributed by atoms with van der Waals surface area (Å²) >= 11 is 0. The summed E-state index contributed by atoms with van der Waals surface area (Å²) in [5, 5.41) is 17.5. The van der Waals surface area contributed by atoms with Gasteiger partial charge in [-0.25, -0.2) is 4.79 Å². The van der Waals surface area contributed by atoms with E-state index in [1.807, 2.05) is 46.8 Å². The Hall–Kier alpha value is -4.84. The third-order valence-corrected chi connectivity index (χ3v) is 6.84. The largest absolute Gasteiger partial charge is 0.514 e. The molecule has 11 nitrogen and oxygen atoms in total. The van der Waals surface area contributed by atoms with Crippen molar-refractivity contribution in [2.24, 2.45) is 0 Å². The van der Waals surface area contributed by atoms with Crippen molar-refractivity contribution in [3.8, 4) is 34.1 Å². The summed E-state index contributed by atoms with van der Waals surface area (Å²) in [5.41, 5.74) is 6.37. The molecule has 1 aliphatic rings. The zero-order valence-corrected chi connectivity index (χ0v) is 38.7. The van der Waals surface area contributed by atoms with E-state index in [9.17, 15) is 19.2 Å². The zero-order chi connectivity index (χ0) is 43.8. The van der Waals surface area contributed by atoms with Crippen LogP contribution in [-0.4, -0.2) is 67.9 Å². The van der Waals surface area contributed by atoms with Crippen molar-refractivity contribution in [1.29, 1.82) is 0 Å². The molecule has 2 unspecified atom stereocenters. The number of phenols is 1. The van der Waals surface area contributed by atoms with Crippen LogP contribution in [0.4, 0.5) is 4.79 Å². The maximum Gasteiger partial charge on any atom is 0.514 e. The quantitative estimate of drug-likeness (QED) is 0.0596. The van der Waals surface area contributed by atoms with Gasteiger partial charge in [0.05, 0.1) is 26.4 Å². The monoisotopic (exact) mass is 879 g/mol. The number of ether oxygens (including phenoxy) is 5. The predicted octanol–water partition coefficient (Wildman–Crippen LogP) is 10.5. The van der Waals surface area contributed by atoms with E-state index in [1.54, 1.807) is 72.3 Å². The van der Waals surface area contributed by atoms with Crippen molar-refractivity contribution < 1.29 is 85.8 Å². The first-order valence-corrected chi connectivity index (χ1v) is 18.7. The van der Waals surface area contributed by atoms with Crippen LogP contribution < -0.4 is 14.2 Å². The van der Waals surface area contributed by atoms with Crippen LogP contribution in [-0.2, 0) is 53.4 Å². The van der Waals surface area contributed by atoms with Gasteiger partial charge in [0.15, 0.2) is 0 Å². The second-order valence-electron chi connectivity index (χ2n) is 11.7. The number of phenolic OH excluding ortho intramolecular Hbond substituents is 1. The SMILES string of the molecule is C=CC.CC.CC.CC(C)OC(=O)Oc1ccc(C=O)cc1.CC(O)CC(C)OC=O.COc1ccc2c(c1)Cc1cc(OC)ccc1-2.O=Cc1ccc(O)cc1.[Y]. The average molecular weight is 880 g/mol. The number of carbonyl (C=O) groups is 4. The molecule has 58 heavy (non-hydrogen) atoms. The van der Waals surface area contributed by atoms with Crippen LogP contribution in [0.1, 0.15) is 101 Å². The fraction of sp³-hybridized carbons (Fsp3) is 0.348. The van der Waals surface area contributed by atoms with Crippen LogP contribution in [0, 0.1) is 0 Å². The van der Waals surface area contributed by atoms with Crippen molar-refractivity contribution in [3.63, 3.8) is 0 Å². The molecule has 4 aromatic carbocycles. The van der Waals surface area contributed by atoms with Gasteiger partial charge in [-0.05, 0) is 136 Å². The standard InChI is InChI=1S/C15H14O2.C11H12O4.C7H6O2.C6H12O3.C3H6.2C2H6.Y/c1-16-12-3-5-14-10(8-12)7-11-9-13(17-2)4-6-15(11)14;1-8(2)14-11(13)15-10-5-3-9(7-12)4-6-10;8-5-6-1-3-7(9)4-2-6;1-5(8)3-6(2)9-4-7;1-3-2;2*1-2;/h3-6,8-9H,7H2,1-2H3;3-8H,1-2H3;1-5,9H;4-6,8H,3H2,1-2H3;3H,1H2,2H3;2*1-2H3;. The van der Waals surface area contributed by atoms with E-state index in [2.05, 4.69) is 35.6 Å². The van der Waals surface area contributed by atoms with Gasteiger partial charge in [-0.3, -0.25) is 14.4 Å². The summed E-state index contributed by atoms with van der Waals surface area (Å²) < 4.78 is 24.7. The summed E-state index contributed by atoms with van der Waals surface area (Å²) in [7, 11) is 3.40. The molecule has 0 spiro atoms. The van der Waals surface area contributed by atoms with Crippen molar-refractivity contribution in [2.45, 2.75) is 93.5 Å². The van der Waals surface area contributed by atoms with E-state index < -0.39 is 12.3 Å². The minimum absolute atomic E-state index is 0. The number of hydrogen-bond donors (Lipinski definition) is 2. The Labute approximate surface area is 370 Å². The number of fused-ring (bicyclic) bond motifs is 3. The van der Waals surface area contributed by atoms with E-state index in [4.69, 9.17) is 29.2 Å². The molecule has 0 amide bonds. The maximum atomic E-state index is 11.1. The number of aldehydes is 2. The molecule has 0 saturated carbocycles. The van der Waals surface area contributed by atoms with Crippen molar-refractivity contribution in [2.75, 3.05) is 14.2 Å². The molecule has 5 rings (SSSR count). The Morgan fingerprint density at radius 3 is 1.47 bits per heavy atom. The van der Waals surface area contributed by atoms with Crippen molar-refractivity contribution in [3.05, 3.63) is 120 Å². The topological polar surface area (TPSA) is 155 Å². The molecule has 2 N–H and O–H groups in total. The van der Waals surface area contributed by atoms with E-state index in [1.165, 1.54) is 46.5 Å². The van der Waals surface area contributed by atoms with Crippen LogP contribution >= 0.6 is 0 Å². The Balaban J connectivity index is -0.000000677. The number of aliphatic hydroxyl groups is 1. The maximum absolute atomic E-state index is 11.1. The van der Waals surface area contributed by atoms with Crippen LogP contribution in [0.3, 0.4) is 0 Å². The smallest absolute Gasteiger partial charge is 0.508 e. The third-order valence-electron chi connectivity index (χ3n) is 6.84. The van der Waals surface area contributed by atoms with Crippen LogP contribution in [0.5, 0.6) is 23.0 Å². The summed E-state index contributed by atoms with van der Waals surface area (Å²) in [5.74, 6) is 2.37. The van der Waals surface area contributed by atoms with Crippen LogP contribution in [0.15, 0.2) is 97.6 Å². The molecule has 4 aromatic rings. The van der Waals surface area contributed by atoms with E-state index >= 15 is 0 Å². The van der Waals surface area contributed by atoms with Crippen LogP contribution in [0.2, 0.25) is 0 Å². The van der Waals surface area contributed by atoms with Gasteiger partial charge in [-0.1, -0.05) is 45.9 Å². The summed E-state index contributed by atoms with van der Waals surface area (Å²) in [6.45, 7) is 20.5. The Morgan fingerprint density at radius 2 is 1.12 bits per heavy atom. The fourth-order valence-corrected chi connectivity index (χ4v) is 4.53. The molecule has 0 bridgehead atoms. The number of benzene rings is 4. The van der Waals surface area contributed by atoms with E-state index in [0.717, 1.165) is 30.5 Å². The minimum Gasteiger partial charge on any atom is -0.508 e. The van der Waals surface area contributed by atoms with Crippen molar-refractivity contribution in [1.82, 2.24) is 0 Å².